The van der Waals surface area contributed by atoms with Gasteiger partial charge in [0.1, 0.15) is 5.94 Å². The van der Waals surface area contributed by atoms with Crippen molar-refractivity contribution in [2.45, 2.75) is 0 Å². The molecule has 0 amide bonds. The standard InChI is InChI=1S/C5H12O4S4/c1-12(6)5-10-3-9-4-11-13(2,7)8/h3-5H2,1-2H3/t12-/m0/s1. The molecule has 0 N–H and O–H groups in total. The van der Waals surface area contributed by atoms with Crippen molar-refractivity contribution in [1.82, 2.24) is 0 Å². The van der Waals surface area contributed by atoms with Crippen LogP contribution in [0.3, 0.4) is 0 Å². The van der Waals surface area contributed by atoms with Crippen LogP contribution in [0.25, 0.3) is 0 Å². The van der Waals surface area contributed by atoms with Crippen LogP contribution < -0.4 is 0 Å². The number of ether oxygens (including phenoxy) is 1. The monoisotopic (exact) mass is 264 g/mol. The van der Waals surface area contributed by atoms with E-state index in [9.17, 15) is 12.6 Å². The maximum absolute atomic E-state index is 10.6. The topological polar surface area (TPSA) is 60.4 Å². The lowest BCUT2D eigenvalue weighted by atomic mass is 11.5. The molecule has 80 valence electrons. The zero-order valence-corrected chi connectivity index (χ0v) is 10.7. The summed E-state index contributed by atoms with van der Waals surface area (Å²) in [6, 6.07) is 0. The van der Waals surface area contributed by atoms with Gasteiger partial charge in [0.25, 0.3) is 0 Å². The van der Waals surface area contributed by atoms with Crippen molar-refractivity contribution in [3.05, 3.63) is 0 Å². The minimum Gasteiger partial charge on any atom is -0.359 e. The summed E-state index contributed by atoms with van der Waals surface area (Å²) in [7, 11) is -3.08. The molecule has 0 saturated heterocycles. The predicted molar refractivity (Wildman–Crippen MR) is 59.8 cm³/mol. The molecule has 0 unspecified atom stereocenters. The van der Waals surface area contributed by atoms with E-state index in [2.05, 4.69) is 0 Å². The van der Waals surface area contributed by atoms with Gasteiger partial charge in [-0.15, -0.1) is 11.8 Å². The highest BCUT2D eigenvalue weighted by Crippen LogP contribution is 2.11. The molecule has 0 aromatic rings. The maximum atomic E-state index is 10.6. The van der Waals surface area contributed by atoms with E-state index in [1.807, 2.05) is 0 Å². The van der Waals surface area contributed by atoms with Gasteiger partial charge >= 0.3 is 0 Å². The van der Waals surface area contributed by atoms with Gasteiger partial charge in [0.15, 0.2) is 0 Å². The van der Waals surface area contributed by atoms with Crippen molar-refractivity contribution in [2.75, 3.05) is 29.5 Å². The minimum absolute atomic E-state index is 0.127. The molecule has 0 rings (SSSR count). The minimum atomic E-state index is -3.01. The van der Waals surface area contributed by atoms with Crippen LogP contribution in [-0.4, -0.2) is 42.1 Å². The Hall–Kier alpha value is 0.760. The molecule has 0 heterocycles. The van der Waals surface area contributed by atoms with Gasteiger partial charge in [-0.25, -0.2) is 8.42 Å². The van der Waals surface area contributed by atoms with Crippen molar-refractivity contribution < 1.29 is 17.4 Å². The van der Waals surface area contributed by atoms with Gasteiger partial charge in [0.05, 0.1) is 11.0 Å². The van der Waals surface area contributed by atoms with Crippen LogP contribution in [-0.2, 0) is 24.4 Å². The van der Waals surface area contributed by atoms with Gasteiger partial charge in [-0.1, -0.05) is 0 Å². The van der Waals surface area contributed by atoms with Crippen LogP contribution in [0.5, 0.6) is 0 Å². The first-order valence-corrected chi connectivity index (χ1v) is 9.49. The van der Waals surface area contributed by atoms with Crippen molar-refractivity contribution in [3.8, 4) is 0 Å². The Morgan fingerprint density at radius 2 is 2.00 bits per heavy atom. The second-order valence-corrected chi connectivity index (χ2v) is 9.29. The lowest BCUT2D eigenvalue weighted by molar-refractivity contribution is 0.241. The summed E-state index contributed by atoms with van der Waals surface area (Å²) in [5.41, 5.74) is 0. The second kappa shape index (κ2) is 7.10. The predicted octanol–water partition coefficient (Wildman–Crippen LogP) is 0.680. The first-order valence-electron chi connectivity index (χ1n) is 3.22. The summed E-state index contributed by atoms with van der Waals surface area (Å²) in [6.45, 7) is 0. The van der Waals surface area contributed by atoms with Gasteiger partial charge in [-0.2, -0.15) is 0 Å². The number of thioether (sulfide) groups is 1. The van der Waals surface area contributed by atoms with Crippen LogP contribution in [0.2, 0.25) is 0 Å². The van der Waals surface area contributed by atoms with Crippen molar-refractivity contribution in [2.24, 2.45) is 0 Å². The van der Waals surface area contributed by atoms with Crippen LogP contribution >= 0.6 is 22.6 Å². The fourth-order valence-electron chi connectivity index (χ4n) is 0.366. The molecule has 0 radical (unpaired) electrons. The van der Waals surface area contributed by atoms with Crippen molar-refractivity contribution in [1.29, 1.82) is 0 Å². The van der Waals surface area contributed by atoms with E-state index in [-0.39, 0.29) is 5.94 Å². The van der Waals surface area contributed by atoms with E-state index in [4.69, 9.17) is 4.74 Å². The molecule has 0 aliphatic rings. The molecule has 8 heteroatoms. The van der Waals surface area contributed by atoms with Crippen molar-refractivity contribution >= 4 is 42.2 Å². The van der Waals surface area contributed by atoms with E-state index in [1.165, 1.54) is 11.8 Å². The number of hydrogen-bond acceptors (Lipinski definition) is 6. The van der Waals surface area contributed by atoms with Gasteiger partial charge in [-0.3, -0.25) is 4.21 Å². The molecular weight excluding hydrogens is 252 g/mol. The molecule has 0 aliphatic carbocycles. The Morgan fingerprint density at radius 1 is 1.38 bits per heavy atom. The van der Waals surface area contributed by atoms with E-state index in [0.717, 1.165) is 17.0 Å². The van der Waals surface area contributed by atoms with E-state index >= 15 is 0 Å². The Bertz CT molecular complexity index is 247. The second-order valence-electron chi connectivity index (χ2n) is 2.16. The highest BCUT2D eigenvalue weighted by Gasteiger charge is 2.01. The van der Waals surface area contributed by atoms with Crippen LogP contribution in [0.15, 0.2) is 0 Å². The molecule has 0 aromatic heterocycles. The van der Waals surface area contributed by atoms with E-state index in [1.54, 1.807) is 6.26 Å². The third-order valence-electron chi connectivity index (χ3n) is 0.761. The Morgan fingerprint density at radius 3 is 2.46 bits per heavy atom. The van der Waals surface area contributed by atoms with E-state index < -0.39 is 19.7 Å². The first kappa shape index (κ1) is 13.8. The van der Waals surface area contributed by atoms with Crippen LogP contribution in [0.1, 0.15) is 0 Å². The summed E-state index contributed by atoms with van der Waals surface area (Å²) in [6.07, 6.45) is 2.74. The normalized spacial score (nSPS) is 14.3. The molecule has 0 bridgehead atoms. The average molecular weight is 264 g/mol. The summed E-state index contributed by atoms with van der Waals surface area (Å²) < 4.78 is 36.7. The molecule has 0 saturated carbocycles. The van der Waals surface area contributed by atoms with Gasteiger partial charge in [0, 0.05) is 23.3 Å². The zero-order valence-electron chi connectivity index (χ0n) is 7.39. The van der Waals surface area contributed by atoms with Gasteiger partial charge < -0.3 is 4.74 Å². The molecule has 13 heavy (non-hydrogen) atoms. The molecule has 0 spiro atoms. The fourth-order valence-corrected chi connectivity index (χ4v) is 2.94. The highest BCUT2D eigenvalue weighted by molar-refractivity contribution is 8.71. The molecule has 0 aliphatic heterocycles. The number of rotatable bonds is 7. The third kappa shape index (κ3) is 12.8. The summed E-state index contributed by atoms with van der Waals surface area (Å²) in [5.74, 6) is 0.504. The molecule has 4 nitrogen and oxygen atoms in total. The van der Waals surface area contributed by atoms with Crippen LogP contribution in [0.4, 0.5) is 0 Å². The largest absolute Gasteiger partial charge is 0.359 e. The number of hydrogen-bond donors (Lipinski definition) is 0. The summed E-state index contributed by atoms with van der Waals surface area (Å²) in [4.78, 5) is 0. The van der Waals surface area contributed by atoms with Crippen LogP contribution in [0, 0.1) is 0 Å². The Kier molecular flexibility index (Phi) is 7.52. The van der Waals surface area contributed by atoms with Gasteiger partial charge in [-0.05, 0) is 10.8 Å². The Balaban J connectivity index is 3.23. The lowest BCUT2D eigenvalue weighted by Crippen LogP contribution is -1.97. The summed E-state index contributed by atoms with van der Waals surface area (Å²) >= 11 is 1.38. The average Bonchev–Trinajstić information content (AvgIpc) is 1.93. The lowest BCUT2D eigenvalue weighted by Gasteiger charge is -2.00. The molecule has 0 aromatic carbocycles. The SMILES string of the molecule is C[S@](=O)CSCOCSS(C)(=O)=O. The fraction of sp³-hybridized carbons (Fsp3) is 1.00. The van der Waals surface area contributed by atoms with Crippen molar-refractivity contribution in [3.63, 3.8) is 0 Å². The van der Waals surface area contributed by atoms with Gasteiger partial charge in [0.2, 0.25) is 8.87 Å². The zero-order chi connectivity index (χ0) is 10.3. The summed E-state index contributed by atoms with van der Waals surface area (Å²) in [5, 5.41) is 0.517. The van der Waals surface area contributed by atoms with E-state index in [0.29, 0.717) is 11.0 Å². The molecular formula is C5H12O4S4. The highest BCUT2D eigenvalue weighted by atomic mass is 33.1. The third-order valence-corrected chi connectivity index (χ3v) is 5.35. The maximum Gasteiger partial charge on any atom is 0.200 e. The smallest absolute Gasteiger partial charge is 0.200 e. The molecule has 1 atom stereocenters. The molecule has 0 fully saturated rings. The Labute approximate surface area is 89.0 Å². The quantitative estimate of drug-likeness (QED) is 0.383. The first-order chi connectivity index (χ1) is 5.92.